The summed E-state index contributed by atoms with van der Waals surface area (Å²) in [6.07, 6.45) is 13.4. The Kier molecular flexibility index (Phi) is 16.7. The van der Waals surface area contributed by atoms with Gasteiger partial charge in [0.25, 0.3) is 40.5 Å². The van der Waals surface area contributed by atoms with E-state index >= 15 is 0 Å². The largest absolute Gasteiger partial charge is 0.356 e. The van der Waals surface area contributed by atoms with Gasteiger partial charge < -0.3 is 10.2 Å². The van der Waals surface area contributed by atoms with E-state index in [-0.39, 0.29) is 41.6 Å². The molecule has 20 heteroatoms. The van der Waals surface area contributed by atoms with Crippen LogP contribution in [0.25, 0.3) is 0 Å². The van der Waals surface area contributed by atoms with E-state index in [1.165, 1.54) is 42.8 Å². The molecule has 2 aliphatic rings. The molecular formula is C41H60N3O13S4+. The van der Waals surface area contributed by atoms with Gasteiger partial charge in [0.15, 0.2) is 5.71 Å². The van der Waals surface area contributed by atoms with Gasteiger partial charge in [0.05, 0.1) is 26.7 Å². The third-order valence-corrected chi connectivity index (χ3v) is 14.7. The molecule has 1 unspecified atom stereocenters. The summed E-state index contributed by atoms with van der Waals surface area (Å²) >= 11 is 0. The van der Waals surface area contributed by atoms with Crippen molar-refractivity contribution in [2.24, 2.45) is 0 Å². The number of carbonyl (C=O) groups is 1. The number of rotatable bonds is 24. The number of hydrogen-bond donors (Lipinski definition) is 5. The number of unbranched alkanes of at least 4 members (excludes halogenated alkanes) is 6. The smallest absolute Gasteiger partial charge is 0.294 e. The van der Waals surface area contributed by atoms with Crippen LogP contribution in [-0.4, -0.2) is 99.2 Å². The second-order valence-corrected chi connectivity index (χ2v) is 22.5. The fourth-order valence-electron chi connectivity index (χ4n) is 8.28. The number of allylic oxidation sites excluding steroid dienone is 4. The van der Waals surface area contributed by atoms with Gasteiger partial charge in [-0.2, -0.15) is 38.2 Å². The van der Waals surface area contributed by atoms with Crippen molar-refractivity contribution >= 4 is 63.5 Å². The van der Waals surface area contributed by atoms with Gasteiger partial charge >= 0.3 is 0 Å². The first-order valence-corrected chi connectivity index (χ1v) is 26.6. The maximum absolute atomic E-state index is 12.5. The van der Waals surface area contributed by atoms with Crippen LogP contribution >= 0.6 is 0 Å². The molecule has 2 heterocycles. The summed E-state index contributed by atoms with van der Waals surface area (Å²) in [5, 5.41) is 2.98. The Morgan fingerprint density at radius 2 is 1.33 bits per heavy atom. The van der Waals surface area contributed by atoms with E-state index < -0.39 is 62.8 Å². The average Bonchev–Trinajstić information content (AvgIpc) is 3.50. The summed E-state index contributed by atoms with van der Waals surface area (Å²) in [5.74, 6) is -1.11. The van der Waals surface area contributed by atoms with E-state index in [2.05, 4.69) is 12.2 Å². The SMILES string of the molecule is CCCCCCCNC(=O)CCCCCC1(C)/C(=C\C=C\C2=[N+](CCCS(=O)(=O)O)c3ccc(S(=O)(=O)O)cc3C2(C)C)N(CCCS(=O)(=O)O)c2ccc(S(=O)(=O)O)cc21. The van der Waals surface area contributed by atoms with Gasteiger partial charge in [-0.3, -0.25) is 23.0 Å². The number of nitrogens with one attached hydrogen (secondary N) is 1. The minimum atomic E-state index is -4.63. The Hall–Kier alpha value is -3.50. The minimum Gasteiger partial charge on any atom is -0.356 e. The van der Waals surface area contributed by atoms with Gasteiger partial charge in [-0.05, 0) is 88.4 Å². The van der Waals surface area contributed by atoms with Gasteiger partial charge in [-0.1, -0.05) is 51.5 Å². The van der Waals surface area contributed by atoms with E-state index in [0.717, 1.165) is 25.7 Å². The van der Waals surface area contributed by atoms with Crippen LogP contribution in [0.4, 0.5) is 11.4 Å². The monoisotopic (exact) mass is 930 g/mol. The summed E-state index contributed by atoms with van der Waals surface area (Å²) in [4.78, 5) is 13.7. The predicted octanol–water partition coefficient (Wildman–Crippen LogP) is 6.37. The van der Waals surface area contributed by atoms with Crippen LogP contribution in [0, 0.1) is 0 Å². The quantitative estimate of drug-likeness (QED) is 0.0436. The number of amides is 1. The molecule has 2 aliphatic heterocycles. The van der Waals surface area contributed by atoms with E-state index in [1.54, 1.807) is 22.8 Å². The summed E-state index contributed by atoms with van der Waals surface area (Å²) in [6, 6.07) is 8.30. The molecule has 340 valence electrons. The highest BCUT2D eigenvalue weighted by Gasteiger charge is 2.46. The summed E-state index contributed by atoms with van der Waals surface area (Å²) in [5.41, 5.74) is 1.65. The van der Waals surface area contributed by atoms with Crippen LogP contribution in [0.1, 0.15) is 116 Å². The standard InChI is InChI=1S/C41H59N3O13S4/c1-5-6-7-8-12-24-42-39(45)18-10-9-11-23-41(4)34-30-32(61(55,56)57)20-22-36(34)44(26-15-28-59(49,50)51)38(41)17-13-16-37-40(2,3)33-29-31(60(52,53)54)19-21-35(33)43(37)25-14-27-58(46,47)48/h13,16-17,19-22,29-30H,5-12,14-15,18,23-28H2,1-4H3,(H4-,42,45,46,47,48,49,50,51,52,53,54,55,56,57)/p+1. The lowest BCUT2D eigenvalue weighted by atomic mass is 9.77. The maximum Gasteiger partial charge on any atom is 0.294 e. The van der Waals surface area contributed by atoms with Crippen molar-refractivity contribution in [3.8, 4) is 0 Å². The third kappa shape index (κ3) is 13.5. The fourth-order valence-corrected chi connectivity index (χ4v) is 10.3. The molecule has 1 atom stereocenters. The van der Waals surface area contributed by atoms with Crippen molar-refractivity contribution in [2.75, 3.05) is 36.0 Å². The van der Waals surface area contributed by atoms with Crippen LogP contribution in [0.15, 0.2) is 70.1 Å². The third-order valence-electron chi connectivity index (χ3n) is 11.4. The van der Waals surface area contributed by atoms with E-state index in [0.29, 0.717) is 72.6 Å². The van der Waals surface area contributed by atoms with Crippen LogP contribution in [0.2, 0.25) is 0 Å². The molecule has 0 saturated heterocycles. The van der Waals surface area contributed by atoms with Gasteiger partial charge in [0.2, 0.25) is 11.6 Å². The molecule has 16 nitrogen and oxygen atoms in total. The Bertz CT molecular complexity index is 2480. The zero-order chi connectivity index (χ0) is 45.4. The number of benzene rings is 2. The molecule has 0 aromatic heterocycles. The summed E-state index contributed by atoms with van der Waals surface area (Å²) in [7, 11) is -17.8. The molecule has 0 bridgehead atoms. The fraction of sp³-hybridized carbons (Fsp3) is 0.561. The first kappa shape index (κ1) is 50.1. The van der Waals surface area contributed by atoms with E-state index in [1.807, 2.05) is 25.7 Å². The molecule has 0 aliphatic carbocycles. The van der Waals surface area contributed by atoms with Crippen molar-refractivity contribution < 1.29 is 61.3 Å². The van der Waals surface area contributed by atoms with Gasteiger partial charge in [0.1, 0.15) is 6.54 Å². The van der Waals surface area contributed by atoms with Gasteiger partial charge in [-0.15, -0.1) is 0 Å². The highest BCUT2D eigenvalue weighted by atomic mass is 32.2. The number of fused-ring (bicyclic) bond motifs is 2. The molecule has 0 radical (unpaired) electrons. The lowest BCUT2D eigenvalue weighted by Gasteiger charge is -2.30. The van der Waals surface area contributed by atoms with Gasteiger partial charge in [-0.25, -0.2) is 0 Å². The number of nitrogens with zero attached hydrogens (tertiary/aromatic N) is 2. The second-order valence-electron chi connectivity index (χ2n) is 16.5. The van der Waals surface area contributed by atoms with Crippen molar-refractivity contribution in [1.29, 1.82) is 0 Å². The Morgan fingerprint density at radius 3 is 1.95 bits per heavy atom. The van der Waals surface area contributed by atoms with Crippen LogP contribution in [-0.2, 0) is 56.1 Å². The Balaban J connectivity index is 1.74. The highest BCUT2D eigenvalue weighted by Crippen LogP contribution is 2.51. The van der Waals surface area contributed by atoms with Crippen molar-refractivity contribution in [3.05, 3.63) is 71.5 Å². The van der Waals surface area contributed by atoms with Crippen LogP contribution < -0.4 is 10.2 Å². The first-order chi connectivity index (χ1) is 28.3. The molecular weight excluding hydrogens is 871 g/mol. The van der Waals surface area contributed by atoms with Crippen molar-refractivity contribution in [1.82, 2.24) is 5.32 Å². The molecule has 4 rings (SSSR count). The topological polar surface area (TPSA) is 253 Å². The normalized spacial score (nSPS) is 18.6. The number of carbonyl (C=O) groups excluding carboxylic acids is 1. The molecule has 0 saturated carbocycles. The molecule has 61 heavy (non-hydrogen) atoms. The van der Waals surface area contributed by atoms with E-state index in [9.17, 15) is 56.7 Å². The zero-order valence-electron chi connectivity index (χ0n) is 35.2. The maximum atomic E-state index is 12.5. The van der Waals surface area contributed by atoms with Crippen LogP contribution in [0.5, 0.6) is 0 Å². The van der Waals surface area contributed by atoms with Crippen molar-refractivity contribution in [3.63, 3.8) is 0 Å². The highest BCUT2D eigenvalue weighted by molar-refractivity contribution is 7.86. The minimum absolute atomic E-state index is 0.000526. The Morgan fingerprint density at radius 1 is 0.738 bits per heavy atom. The van der Waals surface area contributed by atoms with E-state index in [4.69, 9.17) is 0 Å². The first-order valence-electron chi connectivity index (χ1n) is 20.5. The molecule has 2 aromatic carbocycles. The summed E-state index contributed by atoms with van der Waals surface area (Å²) < 4.78 is 137. The lowest BCUT2D eigenvalue weighted by Crippen LogP contribution is -2.30. The van der Waals surface area contributed by atoms with Crippen molar-refractivity contribution in [2.45, 2.75) is 125 Å². The summed E-state index contributed by atoms with van der Waals surface area (Å²) in [6.45, 7) is 8.55. The lowest BCUT2D eigenvalue weighted by molar-refractivity contribution is -0.437. The second kappa shape index (κ2) is 20.3. The molecule has 0 fully saturated rings. The molecule has 2 aromatic rings. The predicted molar refractivity (Wildman–Crippen MR) is 234 cm³/mol. The Labute approximate surface area is 361 Å². The zero-order valence-corrected chi connectivity index (χ0v) is 38.5. The van der Waals surface area contributed by atoms with Gasteiger partial charge in [0, 0.05) is 60.4 Å². The number of anilines is 1. The molecule has 0 spiro atoms. The average molecular weight is 931 g/mol. The molecule has 5 N–H and O–H groups in total. The number of hydrogen-bond acceptors (Lipinski definition) is 10. The van der Waals surface area contributed by atoms with Crippen LogP contribution in [0.3, 0.4) is 0 Å². The molecule has 1 amide bonds.